The van der Waals surface area contributed by atoms with Crippen LogP contribution >= 0.6 is 0 Å². The van der Waals surface area contributed by atoms with E-state index in [0.29, 0.717) is 6.54 Å². The Morgan fingerprint density at radius 2 is 1.89 bits per heavy atom. The molecule has 0 aliphatic heterocycles. The van der Waals surface area contributed by atoms with Gasteiger partial charge in [-0.3, -0.25) is 9.97 Å². The van der Waals surface area contributed by atoms with Gasteiger partial charge in [-0.15, -0.1) is 0 Å². The van der Waals surface area contributed by atoms with Gasteiger partial charge < -0.3 is 5.73 Å². The third-order valence-corrected chi connectivity index (χ3v) is 3.65. The van der Waals surface area contributed by atoms with Crippen molar-refractivity contribution in [2.75, 3.05) is 6.54 Å². The van der Waals surface area contributed by atoms with E-state index in [-0.39, 0.29) is 5.92 Å². The van der Waals surface area contributed by atoms with Crippen molar-refractivity contribution in [3.8, 4) is 0 Å². The van der Waals surface area contributed by atoms with Gasteiger partial charge in [-0.2, -0.15) is 0 Å². The second-order valence-electron chi connectivity index (χ2n) is 4.64. The molecule has 1 aromatic carbocycles. The van der Waals surface area contributed by atoms with Crippen molar-refractivity contribution >= 4 is 0 Å². The second kappa shape index (κ2) is 5.27. The number of rotatable bonds is 3. The average molecular weight is 241 g/mol. The van der Waals surface area contributed by atoms with Crippen LogP contribution in [-0.4, -0.2) is 16.5 Å². The first-order valence-corrected chi connectivity index (χ1v) is 6.17. The average Bonchev–Trinajstić information content (AvgIpc) is 2.41. The number of aromatic nitrogens is 2. The lowest BCUT2D eigenvalue weighted by atomic mass is 9.88. The predicted molar refractivity (Wildman–Crippen MR) is 73.6 cm³/mol. The Balaban J connectivity index is 2.50. The first kappa shape index (κ1) is 12.7. The largest absolute Gasteiger partial charge is 0.329 e. The Kier molecular flexibility index (Phi) is 3.72. The zero-order valence-corrected chi connectivity index (χ0v) is 11.1. The van der Waals surface area contributed by atoms with Gasteiger partial charge in [0, 0.05) is 31.1 Å². The molecule has 0 saturated heterocycles. The highest BCUT2D eigenvalue weighted by atomic mass is 14.8. The lowest BCUT2D eigenvalue weighted by molar-refractivity contribution is 0.772. The lowest BCUT2D eigenvalue weighted by Crippen LogP contribution is -2.17. The Bertz CT molecular complexity index is 535. The molecule has 1 unspecified atom stereocenters. The summed E-state index contributed by atoms with van der Waals surface area (Å²) in [5.74, 6) is 0.123. The summed E-state index contributed by atoms with van der Waals surface area (Å²) >= 11 is 0. The minimum atomic E-state index is 0.123. The van der Waals surface area contributed by atoms with E-state index in [2.05, 4.69) is 42.9 Å². The highest BCUT2D eigenvalue weighted by Gasteiger charge is 2.17. The Hall–Kier alpha value is -1.74. The van der Waals surface area contributed by atoms with Crippen LogP contribution < -0.4 is 5.73 Å². The van der Waals surface area contributed by atoms with Crippen LogP contribution in [0.5, 0.6) is 0 Å². The molecule has 0 amide bonds. The zero-order chi connectivity index (χ0) is 13.1. The van der Waals surface area contributed by atoms with Crippen LogP contribution in [0.4, 0.5) is 0 Å². The molecule has 1 atom stereocenters. The van der Waals surface area contributed by atoms with Gasteiger partial charge in [0.2, 0.25) is 0 Å². The monoisotopic (exact) mass is 241 g/mol. The molecule has 3 heteroatoms. The molecule has 1 heterocycles. The highest BCUT2D eigenvalue weighted by Crippen LogP contribution is 2.27. The highest BCUT2D eigenvalue weighted by molar-refractivity contribution is 5.43. The van der Waals surface area contributed by atoms with Crippen LogP contribution in [-0.2, 0) is 0 Å². The van der Waals surface area contributed by atoms with Crippen molar-refractivity contribution in [1.82, 2.24) is 9.97 Å². The van der Waals surface area contributed by atoms with E-state index in [0.717, 1.165) is 5.69 Å². The maximum absolute atomic E-state index is 5.93. The summed E-state index contributed by atoms with van der Waals surface area (Å²) in [6, 6.07) is 4.31. The van der Waals surface area contributed by atoms with Crippen LogP contribution in [0.2, 0.25) is 0 Å². The second-order valence-corrected chi connectivity index (χ2v) is 4.64. The number of hydrogen-bond donors (Lipinski definition) is 1. The van der Waals surface area contributed by atoms with Crippen LogP contribution in [0, 0.1) is 20.8 Å². The maximum atomic E-state index is 5.93. The number of benzene rings is 1. The smallest absolute Gasteiger partial charge is 0.0674 e. The van der Waals surface area contributed by atoms with E-state index < -0.39 is 0 Å². The number of aryl methyl sites for hydroxylation is 1. The standard InChI is InChI=1S/C15H19N3/c1-10-4-5-13(12(3)11(10)2)14(8-16)15-9-17-6-7-18-15/h4-7,9,14H,8,16H2,1-3H3. The first-order chi connectivity index (χ1) is 8.65. The summed E-state index contributed by atoms with van der Waals surface area (Å²) in [5, 5.41) is 0. The van der Waals surface area contributed by atoms with Crippen molar-refractivity contribution in [3.05, 3.63) is 58.7 Å². The molecule has 0 aliphatic rings. The van der Waals surface area contributed by atoms with Crippen LogP contribution in [0.15, 0.2) is 30.7 Å². The van der Waals surface area contributed by atoms with Gasteiger partial charge in [0.15, 0.2) is 0 Å². The van der Waals surface area contributed by atoms with Crippen molar-refractivity contribution in [1.29, 1.82) is 0 Å². The summed E-state index contributed by atoms with van der Waals surface area (Å²) in [6.07, 6.45) is 5.20. The third-order valence-electron chi connectivity index (χ3n) is 3.65. The summed E-state index contributed by atoms with van der Waals surface area (Å²) in [4.78, 5) is 8.51. The molecule has 0 bridgehead atoms. The number of hydrogen-bond acceptors (Lipinski definition) is 3. The van der Waals surface area contributed by atoms with Gasteiger partial charge in [0.05, 0.1) is 5.69 Å². The summed E-state index contributed by atoms with van der Waals surface area (Å²) in [6.45, 7) is 6.98. The fourth-order valence-electron chi connectivity index (χ4n) is 2.25. The molecular weight excluding hydrogens is 222 g/mol. The fraction of sp³-hybridized carbons (Fsp3) is 0.333. The minimum Gasteiger partial charge on any atom is -0.329 e. The normalized spacial score (nSPS) is 12.4. The fourth-order valence-corrected chi connectivity index (χ4v) is 2.25. The van der Waals surface area contributed by atoms with Crippen molar-refractivity contribution in [2.45, 2.75) is 26.7 Å². The van der Waals surface area contributed by atoms with E-state index in [1.807, 2.05) is 0 Å². The minimum absolute atomic E-state index is 0.123. The Morgan fingerprint density at radius 3 is 2.50 bits per heavy atom. The van der Waals surface area contributed by atoms with E-state index in [1.165, 1.54) is 22.3 Å². The van der Waals surface area contributed by atoms with Gasteiger partial charge in [0.25, 0.3) is 0 Å². The molecule has 3 nitrogen and oxygen atoms in total. The van der Waals surface area contributed by atoms with Gasteiger partial charge in [0.1, 0.15) is 0 Å². The Morgan fingerprint density at radius 1 is 1.11 bits per heavy atom. The van der Waals surface area contributed by atoms with Crippen molar-refractivity contribution in [3.63, 3.8) is 0 Å². The van der Waals surface area contributed by atoms with Gasteiger partial charge in [-0.25, -0.2) is 0 Å². The number of nitrogens with two attached hydrogens (primary N) is 1. The quantitative estimate of drug-likeness (QED) is 0.898. The van der Waals surface area contributed by atoms with Crippen LogP contribution in [0.3, 0.4) is 0 Å². The molecule has 0 radical (unpaired) electrons. The van der Waals surface area contributed by atoms with Crippen LogP contribution in [0.25, 0.3) is 0 Å². The van der Waals surface area contributed by atoms with Gasteiger partial charge >= 0.3 is 0 Å². The molecular formula is C15H19N3. The van der Waals surface area contributed by atoms with E-state index in [9.17, 15) is 0 Å². The summed E-state index contributed by atoms with van der Waals surface area (Å²) in [5.41, 5.74) is 12.1. The molecule has 0 spiro atoms. The van der Waals surface area contributed by atoms with E-state index in [1.54, 1.807) is 18.6 Å². The molecule has 1 aromatic heterocycles. The van der Waals surface area contributed by atoms with Crippen molar-refractivity contribution in [2.24, 2.45) is 5.73 Å². The van der Waals surface area contributed by atoms with Crippen LogP contribution in [0.1, 0.15) is 33.9 Å². The van der Waals surface area contributed by atoms with Crippen molar-refractivity contribution < 1.29 is 0 Å². The van der Waals surface area contributed by atoms with E-state index in [4.69, 9.17) is 5.73 Å². The molecule has 18 heavy (non-hydrogen) atoms. The molecule has 2 N–H and O–H groups in total. The van der Waals surface area contributed by atoms with E-state index >= 15 is 0 Å². The summed E-state index contributed by atoms with van der Waals surface area (Å²) in [7, 11) is 0. The predicted octanol–water partition coefficient (Wildman–Crippen LogP) is 2.49. The molecule has 94 valence electrons. The third kappa shape index (κ3) is 2.27. The lowest BCUT2D eigenvalue weighted by Gasteiger charge is -2.19. The maximum Gasteiger partial charge on any atom is 0.0674 e. The first-order valence-electron chi connectivity index (χ1n) is 6.17. The molecule has 2 aromatic rings. The SMILES string of the molecule is Cc1ccc(C(CN)c2cnccn2)c(C)c1C. The Labute approximate surface area is 108 Å². The molecule has 0 aliphatic carbocycles. The molecule has 0 saturated carbocycles. The molecule has 0 fully saturated rings. The topological polar surface area (TPSA) is 51.8 Å². The number of nitrogens with zero attached hydrogens (tertiary/aromatic N) is 2. The molecule has 2 rings (SSSR count). The zero-order valence-electron chi connectivity index (χ0n) is 11.1. The van der Waals surface area contributed by atoms with Gasteiger partial charge in [-0.1, -0.05) is 12.1 Å². The summed E-state index contributed by atoms with van der Waals surface area (Å²) < 4.78 is 0. The van der Waals surface area contributed by atoms with Gasteiger partial charge in [-0.05, 0) is 43.0 Å².